The average molecular weight is 304 g/mol. The van der Waals surface area contributed by atoms with Crippen LogP contribution in [0.5, 0.6) is 0 Å². The monoisotopic (exact) mass is 304 g/mol. The molecule has 0 saturated carbocycles. The minimum absolute atomic E-state index is 0.0496. The molecule has 1 fully saturated rings. The van der Waals surface area contributed by atoms with Crippen LogP contribution in [0.1, 0.15) is 18.2 Å². The zero-order chi connectivity index (χ0) is 13.9. The lowest BCUT2D eigenvalue weighted by Gasteiger charge is -2.33. The topological polar surface area (TPSA) is 58.6 Å². The standard InChI is InChI=1S/C12H20N2O3S2/c1-3-10-8-17-5-4-14(10)19(15,16)12-6-11(7-13-2)18-9-12/h6,9-10,13H,3-5,7-8H2,1-2H3. The lowest BCUT2D eigenvalue weighted by molar-refractivity contribution is 0.0314. The van der Waals surface area contributed by atoms with E-state index in [1.54, 1.807) is 15.8 Å². The summed E-state index contributed by atoms with van der Waals surface area (Å²) in [5, 5.41) is 4.76. The van der Waals surface area contributed by atoms with E-state index in [-0.39, 0.29) is 6.04 Å². The first-order valence-corrected chi connectivity index (χ1v) is 8.73. The van der Waals surface area contributed by atoms with Crippen LogP contribution in [0.15, 0.2) is 16.3 Å². The fraction of sp³-hybridized carbons (Fsp3) is 0.667. The van der Waals surface area contributed by atoms with Gasteiger partial charge in [0.05, 0.1) is 18.1 Å². The van der Waals surface area contributed by atoms with Crippen molar-refractivity contribution in [3.63, 3.8) is 0 Å². The summed E-state index contributed by atoms with van der Waals surface area (Å²) in [5.74, 6) is 0. The maximum atomic E-state index is 12.6. The normalized spacial score (nSPS) is 21.7. The van der Waals surface area contributed by atoms with Gasteiger partial charge in [-0.25, -0.2) is 8.42 Å². The number of sulfonamides is 1. The molecule has 1 aromatic rings. The summed E-state index contributed by atoms with van der Waals surface area (Å²) in [5.41, 5.74) is 0. The van der Waals surface area contributed by atoms with Crippen molar-refractivity contribution in [3.05, 3.63) is 16.3 Å². The summed E-state index contributed by atoms with van der Waals surface area (Å²) in [6.45, 7) is 4.09. The highest BCUT2D eigenvalue weighted by molar-refractivity contribution is 7.89. The molecule has 0 radical (unpaired) electrons. The third-order valence-electron chi connectivity index (χ3n) is 3.23. The molecule has 7 heteroatoms. The number of nitrogens with one attached hydrogen (secondary N) is 1. The minimum Gasteiger partial charge on any atom is -0.378 e. The lowest BCUT2D eigenvalue weighted by atomic mass is 10.2. The van der Waals surface area contributed by atoms with Gasteiger partial charge in [0.1, 0.15) is 0 Å². The number of morpholine rings is 1. The van der Waals surface area contributed by atoms with Crippen molar-refractivity contribution in [2.24, 2.45) is 0 Å². The van der Waals surface area contributed by atoms with Gasteiger partial charge in [-0.15, -0.1) is 11.3 Å². The predicted molar refractivity (Wildman–Crippen MR) is 75.9 cm³/mol. The predicted octanol–water partition coefficient (Wildman–Crippen LogP) is 1.27. The molecule has 2 heterocycles. The molecular formula is C12H20N2O3S2. The lowest BCUT2D eigenvalue weighted by Crippen LogP contribution is -2.48. The fourth-order valence-corrected chi connectivity index (χ4v) is 5.12. The zero-order valence-corrected chi connectivity index (χ0v) is 12.9. The molecule has 0 amide bonds. The molecule has 5 nitrogen and oxygen atoms in total. The maximum absolute atomic E-state index is 12.6. The quantitative estimate of drug-likeness (QED) is 0.890. The number of rotatable bonds is 5. The Labute approximate surface area is 118 Å². The van der Waals surface area contributed by atoms with Gasteiger partial charge in [-0.3, -0.25) is 0 Å². The molecule has 0 spiro atoms. The van der Waals surface area contributed by atoms with Gasteiger partial charge in [0.15, 0.2) is 0 Å². The van der Waals surface area contributed by atoms with Crippen molar-refractivity contribution >= 4 is 21.4 Å². The van der Waals surface area contributed by atoms with Crippen molar-refractivity contribution in [2.45, 2.75) is 30.8 Å². The van der Waals surface area contributed by atoms with E-state index in [4.69, 9.17) is 4.74 Å². The van der Waals surface area contributed by atoms with Gasteiger partial charge >= 0.3 is 0 Å². The number of thiophene rings is 1. The van der Waals surface area contributed by atoms with Crippen LogP contribution >= 0.6 is 11.3 Å². The fourth-order valence-electron chi connectivity index (χ4n) is 2.18. The second-order valence-corrected chi connectivity index (χ2v) is 7.42. The summed E-state index contributed by atoms with van der Waals surface area (Å²) >= 11 is 1.47. The van der Waals surface area contributed by atoms with Crippen molar-refractivity contribution in [3.8, 4) is 0 Å². The molecule has 1 aliphatic rings. The summed E-state index contributed by atoms with van der Waals surface area (Å²) in [6.07, 6.45) is 0.771. The Bertz CT molecular complexity index is 513. The van der Waals surface area contributed by atoms with E-state index in [9.17, 15) is 8.42 Å². The number of nitrogens with zero attached hydrogens (tertiary/aromatic N) is 1. The van der Waals surface area contributed by atoms with Crippen LogP contribution in [-0.4, -0.2) is 45.6 Å². The van der Waals surface area contributed by atoms with Crippen LogP contribution in [0, 0.1) is 0 Å². The van der Waals surface area contributed by atoms with Crippen molar-refractivity contribution < 1.29 is 13.2 Å². The van der Waals surface area contributed by atoms with Crippen LogP contribution < -0.4 is 5.32 Å². The van der Waals surface area contributed by atoms with Crippen LogP contribution in [-0.2, 0) is 21.3 Å². The summed E-state index contributed by atoms with van der Waals surface area (Å²) in [7, 11) is -1.53. The van der Waals surface area contributed by atoms with Gasteiger partial charge < -0.3 is 10.1 Å². The molecule has 0 aromatic carbocycles. The number of hydrogen-bond donors (Lipinski definition) is 1. The van der Waals surface area contributed by atoms with Crippen molar-refractivity contribution in [2.75, 3.05) is 26.8 Å². The van der Waals surface area contributed by atoms with E-state index in [0.717, 1.165) is 11.3 Å². The molecule has 2 rings (SSSR count). The first kappa shape index (κ1) is 14.9. The molecule has 1 N–H and O–H groups in total. The Morgan fingerprint density at radius 3 is 3.05 bits per heavy atom. The average Bonchev–Trinajstić information content (AvgIpc) is 2.88. The molecule has 19 heavy (non-hydrogen) atoms. The molecular weight excluding hydrogens is 284 g/mol. The smallest absolute Gasteiger partial charge is 0.244 e. The Hall–Kier alpha value is -0.470. The first-order chi connectivity index (χ1) is 9.09. The van der Waals surface area contributed by atoms with Crippen LogP contribution in [0.25, 0.3) is 0 Å². The Morgan fingerprint density at radius 1 is 1.58 bits per heavy atom. The molecule has 1 unspecified atom stereocenters. The van der Waals surface area contributed by atoms with Crippen LogP contribution in [0.4, 0.5) is 0 Å². The highest BCUT2D eigenvalue weighted by atomic mass is 32.2. The van der Waals surface area contributed by atoms with E-state index < -0.39 is 10.0 Å². The molecule has 1 aliphatic heterocycles. The third-order valence-corrected chi connectivity index (χ3v) is 6.25. The molecule has 1 saturated heterocycles. The molecule has 0 aliphatic carbocycles. The second kappa shape index (κ2) is 6.32. The molecule has 108 valence electrons. The summed E-state index contributed by atoms with van der Waals surface area (Å²) in [6, 6.07) is 1.71. The molecule has 1 atom stereocenters. The van der Waals surface area contributed by atoms with E-state index in [2.05, 4.69) is 5.32 Å². The van der Waals surface area contributed by atoms with E-state index >= 15 is 0 Å². The van der Waals surface area contributed by atoms with E-state index in [1.165, 1.54) is 11.3 Å². The van der Waals surface area contributed by atoms with Gasteiger partial charge in [-0.2, -0.15) is 4.31 Å². The highest BCUT2D eigenvalue weighted by Crippen LogP contribution is 2.26. The summed E-state index contributed by atoms with van der Waals surface area (Å²) in [4.78, 5) is 1.44. The van der Waals surface area contributed by atoms with Crippen molar-refractivity contribution in [1.82, 2.24) is 9.62 Å². The minimum atomic E-state index is -3.38. The van der Waals surface area contributed by atoms with Gasteiger partial charge in [0.25, 0.3) is 0 Å². The number of ether oxygens (including phenoxy) is 1. The molecule has 1 aromatic heterocycles. The Balaban J connectivity index is 2.24. The van der Waals surface area contributed by atoms with Gasteiger partial charge in [-0.1, -0.05) is 6.92 Å². The Kier molecular flexibility index (Phi) is 4.97. The maximum Gasteiger partial charge on any atom is 0.244 e. The van der Waals surface area contributed by atoms with Gasteiger partial charge in [0, 0.05) is 29.4 Å². The summed E-state index contributed by atoms with van der Waals surface area (Å²) < 4.78 is 32.2. The first-order valence-electron chi connectivity index (χ1n) is 6.41. The molecule has 0 bridgehead atoms. The van der Waals surface area contributed by atoms with Crippen molar-refractivity contribution in [1.29, 1.82) is 0 Å². The van der Waals surface area contributed by atoms with Gasteiger partial charge in [0.2, 0.25) is 10.0 Å². The van der Waals surface area contributed by atoms with Crippen LogP contribution in [0.3, 0.4) is 0 Å². The van der Waals surface area contributed by atoms with Crippen LogP contribution in [0.2, 0.25) is 0 Å². The number of hydrogen-bond acceptors (Lipinski definition) is 5. The Morgan fingerprint density at radius 2 is 2.37 bits per heavy atom. The highest BCUT2D eigenvalue weighted by Gasteiger charge is 2.33. The second-order valence-electron chi connectivity index (χ2n) is 4.53. The largest absolute Gasteiger partial charge is 0.378 e. The third kappa shape index (κ3) is 3.17. The van der Waals surface area contributed by atoms with E-state index in [0.29, 0.717) is 31.2 Å². The SMILES string of the molecule is CCC1COCCN1S(=O)(=O)c1csc(CNC)c1. The zero-order valence-electron chi connectivity index (χ0n) is 11.3. The van der Waals surface area contributed by atoms with Gasteiger partial charge in [-0.05, 0) is 19.5 Å². The van der Waals surface area contributed by atoms with E-state index in [1.807, 2.05) is 14.0 Å².